The third-order valence-electron chi connectivity index (χ3n) is 3.52. The van der Waals surface area contributed by atoms with Gasteiger partial charge in [0.05, 0.1) is 0 Å². The van der Waals surface area contributed by atoms with Gasteiger partial charge in [-0.1, -0.05) is 18.2 Å². The third kappa shape index (κ3) is 2.39. The van der Waals surface area contributed by atoms with Crippen LogP contribution in [-0.2, 0) is 6.42 Å². The summed E-state index contributed by atoms with van der Waals surface area (Å²) >= 11 is 5.50. The first-order chi connectivity index (χ1) is 9.65. The summed E-state index contributed by atoms with van der Waals surface area (Å²) in [6, 6.07) is 14.8. The summed E-state index contributed by atoms with van der Waals surface area (Å²) in [5.74, 6) is -0.249. The van der Waals surface area contributed by atoms with Crippen LogP contribution in [0.2, 0.25) is 0 Å². The van der Waals surface area contributed by atoms with E-state index in [1.807, 2.05) is 12.1 Å². The first kappa shape index (κ1) is 13.1. The third-order valence-corrected chi connectivity index (χ3v) is 3.82. The van der Waals surface area contributed by atoms with Gasteiger partial charge in [0, 0.05) is 17.4 Å². The van der Waals surface area contributed by atoms with Gasteiger partial charge in [-0.15, -0.1) is 0 Å². The number of hydrogen-bond acceptors (Lipinski definition) is 1. The van der Waals surface area contributed by atoms with Crippen molar-refractivity contribution in [3.63, 3.8) is 0 Å². The van der Waals surface area contributed by atoms with Crippen LogP contribution >= 0.6 is 12.2 Å². The van der Waals surface area contributed by atoms with Gasteiger partial charge in [-0.3, -0.25) is 0 Å². The number of anilines is 2. The van der Waals surface area contributed by atoms with Crippen LogP contribution in [-0.4, -0.2) is 11.2 Å². The second-order valence-corrected chi connectivity index (χ2v) is 5.38. The Morgan fingerprint density at radius 2 is 1.90 bits per heavy atom. The molecule has 1 aliphatic heterocycles. The van der Waals surface area contributed by atoms with Gasteiger partial charge in [0.15, 0.2) is 5.11 Å². The summed E-state index contributed by atoms with van der Waals surface area (Å²) in [6.07, 6.45) is 0.988. The smallest absolute Gasteiger partial charge is 0.178 e. The van der Waals surface area contributed by atoms with Crippen molar-refractivity contribution < 1.29 is 4.39 Å². The van der Waals surface area contributed by atoms with Crippen LogP contribution in [0.25, 0.3) is 0 Å². The first-order valence-corrected chi connectivity index (χ1v) is 6.99. The summed E-state index contributed by atoms with van der Waals surface area (Å²) in [6.45, 7) is 2.15. The van der Waals surface area contributed by atoms with Crippen molar-refractivity contribution in [3.05, 3.63) is 59.9 Å². The van der Waals surface area contributed by atoms with Gasteiger partial charge in [0.2, 0.25) is 0 Å². The van der Waals surface area contributed by atoms with Crippen molar-refractivity contribution in [2.75, 3.05) is 10.2 Å². The van der Waals surface area contributed by atoms with Gasteiger partial charge < -0.3 is 10.2 Å². The van der Waals surface area contributed by atoms with E-state index in [1.54, 1.807) is 12.1 Å². The second kappa shape index (κ2) is 5.21. The molecule has 1 unspecified atom stereocenters. The number of nitrogens with one attached hydrogen (secondary N) is 1. The van der Waals surface area contributed by atoms with E-state index < -0.39 is 0 Å². The quantitative estimate of drug-likeness (QED) is 0.798. The highest BCUT2D eigenvalue weighted by atomic mass is 32.1. The van der Waals surface area contributed by atoms with Gasteiger partial charge in [0.1, 0.15) is 5.82 Å². The van der Waals surface area contributed by atoms with Crippen LogP contribution in [0.3, 0.4) is 0 Å². The maximum Gasteiger partial charge on any atom is 0.178 e. The molecular formula is C16H15FN2S. The summed E-state index contributed by atoms with van der Waals surface area (Å²) in [5.41, 5.74) is 3.26. The molecule has 0 saturated carbocycles. The summed E-state index contributed by atoms with van der Waals surface area (Å²) < 4.78 is 12.9. The van der Waals surface area contributed by atoms with E-state index in [-0.39, 0.29) is 5.82 Å². The Kier molecular flexibility index (Phi) is 3.40. The van der Waals surface area contributed by atoms with Crippen LogP contribution in [0.1, 0.15) is 12.5 Å². The Morgan fingerprint density at radius 3 is 2.65 bits per heavy atom. The Balaban J connectivity index is 1.82. The normalized spacial score (nSPS) is 16.9. The number of halogens is 1. The van der Waals surface area contributed by atoms with Crippen LogP contribution < -0.4 is 10.2 Å². The molecule has 2 nitrogen and oxygen atoms in total. The molecule has 3 rings (SSSR count). The van der Waals surface area contributed by atoms with E-state index in [1.165, 1.54) is 17.7 Å². The van der Waals surface area contributed by atoms with Gasteiger partial charge in [-0.25, -0.2) is 4.39 Å². The lowest BCUT2D eigenvalue weighted by Crippen LogP contribution is -2.38. The predicted octanol–water partition coefficient (Wildman–Crippen LogP) is 3.97. The number of para-hydroxylation sites is 1. The average Bonchev–Trinajstić information content (AvgIpc) is 2.77. The minimum absolute atomic E-state index is 0.249. The maximum atomic E-state index is 12.9. The van der Waals surface area contributed by atoms with Crippen LogP contribution in [0, 0.1) is 5.82 Å². The topological polar surface area (TPSA) is 15.3 Å². The first-order valence-electron chi connectivity index (χ1n) is 6.59. The maximum absolute atomic E-state index is 12.9. The van der Waals surface area contributed by atoms with E-state index in [4.69, 9.17) is 12.2 Å². The fraction of sp³-hybridized carbons (Fsp3) is 0.188. The van der Waals surface area contributed by atoms with E-state index in [0.717, 1.165) is 17.8 Å². The highest BCUT2D eigenvalue weighted by Crippen LogP contribution is 2.32. The van der Waals surface area contributed by atoms with E-state index >= 15 is 0 Å². The number of nitrogens with zero attached hydrogens (tertiary/aromatic N) is 1. The minimum Gasteiger partial charge on any atom is -0.332 e. The molecule has 0 fully saturated rings. The summed E-state index contributed by atoms with van der Waals surface area (Å²) in [7, 11) is 0. The predicted molar refractivity (Wildman–Crippen MR) is 84.7 cm³/mol. The van der Waals surface area contributed by atoms with Crippen molar-refractivity contribution in [3.8, 4) is 0 Å². The van der Waals surface area contributed by atoms with Crippen LogP contribution in [0.4, 0.5) is 15.8 Å². The molecule has 1 N–H and O–H groups in total. The number of rotatable bonds is 1. The molecule has 0 aromatic heterocycles. The molecule has 2 aromatic carbocycles. The fourth-order valence-electron chi connectivity index (χ4n) is 2.59. The molecule has 20 heavy (non-hydrogen) atoms. The van der Waals surface area contributed by atoms with Crippen LogP contribution in [0.15, 0.2) is 48.5 Å². The molecule has 2 aromatic rings. The molecule has 0 amide bonds. The largest absolute Gasteiger partial charge is 0.332 e. The van der Waals surface area contributed by atoms with Crippen molar-refractivity contribution in [2.24, 2.45) is 0 Å². The summed E-state index contributed by atoms with van der Waals surface area (Å²) in [5, 5.41) is 3.82. The average molecular weight is 286 g/mol. The zero-order valence-corrected chi connectivity index (χ0v) is 12.0. The SMILES string of the molecule is CC1Cc2ccccc2N1C(=S)Nc1ccc(F)cc1. The molecule has 102 valence electrons. The van der Waals surface area contributed by atoms with E-state index in [9.17, 15) is 4.39 Å². The Morgan fingerprint density at radius 1 is 1.20 bits per heavy atom. The van der Waals surface area contributed by atoms with Gasteiger partial charge in [-0.05, 0) is 61.5 Å². The lowest BCUT2D eigenvalue weighted by Gasteiger charge is -2.26. The Hall–Kier alpha value is -1.94. The highest BCUT2D eigenvalue weighted by molar-refractivity contribution is 7.80. The molecule has 0 saturated heterocycles. The van der Waals surface area contributed by atoms with Crippen molar-refractivity contribution in [1.82, 2.24) is 0 Å². The van der Waals surface area contributed by atoms with Gasteiger partial charge in [0.25, 0.3) is 0 Å². The number of benzene rings is 2. The summed E-state index contributed by atoms with van der Waals surface area (Å²) in [4.78, 5) is 2.12. The molecule has 1 aliphatic rings. The van der Waals surface area contributed by atoms with E-state index in [0.29, 0.717) is 11.2 Å². The van der Waals surface area contributed by atoms with Gasteiger partial charge >= 0.3 is 0 Å². The van der Waals surface area contributed by atoms with Crippen molar-refractivity contribution in [1.29, 1.82) is 0 Å². The molecule has 0 radical (unpaired) electrons. The zero-order valence-electron chi connectivity index (χ0n) is 11.1. The van der Waals surface area contributed by atoms with Crippen molar-refractivity contribution in [2.45, 2.75) is 19.4 Å². The molecule has 1 heterocycles. The van der Waals surface area contributed by atoms with E-state index in [2.05, 4.69) is 29.3 Å². The monoisotopic (exact) mass is 286 g/mol. The van der Waals surface area contributed by atoms with Crippen molar-refractivity contribution >= 4 is 28.7 Å². The highest BCUT2D eigenvalue weighted by Gasteiger charge is 2.28. The fourth-order valence-corrected chi connectivity index (χ4v) is 2.99. The molecular weight excluding hydrogens is 271 g/mol. The molecule has 1 atom stereocenters. The molecule has 0 spiro atoms. The standard InChI is InChI=1S/C16H15FN2S/c1-11-10-12-4-2-3-5-15(12)19(11)16(20)18-14-8-6-13(17)7-9-14/h2-9,11H,10H2,1H3,(H,18,20). The molecule has 0 bridgehead atoms. The Labute approximate surface area is 123 Å². The molecule has 4 heteroatoms. The number of thiocarbonyl (C=S) groups is 1. The minimum atomic E-state index is -0.249. The van der Waals surface area contributed by atoms with Crippen LogP contribution in [0.5, 0.6) is 0 Å². The lowest BCUT2D eigenvalue weighted by molar-refractivity contribution is 0.628. The second-order valence-electron chi connectivity index (χ2n) is 4.99. The Bertz CT molecular complexity index is 639. The number of hydrogen-bond donors (Lipinski definition) is 1. The number of fused-ring (bicyclic) bond motifs is 1. The van der Waals surface area contributed by atoms with Gasteiger partial charge in [-0.2, -0.15) is 0 Å². The lowest BCUT2D eigenvalue weighted by atomic mass is 10.1. The zero-order chi connectivity index (χ0) is 14.1. The molecule has 0 aliphatic carbocycles.